The molecular formula is C21H27N5O4. The maximum absolute atomic E-state index is 13.3. The van der Waals surface area contributed by atoms with Gasteiger partial charge < -0.3 is 19.2 Å². The minimum absolute atomic E-state index is 0.161. The molecule has 0 saturated heterocycles. The molecule has 0 radical (unpaired) electrons. The lowest BCUT2D eigenvalue weighted by Gasteiger charge is -2.23. The fourth-order valence-corrected chi connectivity index (χ4v) is 3.21. The second-order valence-electron chi connectivity index (χ2n) is 7.45. The molecule has 1 N–H and O–H groups in total. The van der Waals surface area contributed by atoms with Crippen LogP contribution in [0.25, 0.3) is 5.69 Å². The van der Waals surface area contributed by atoms with Crippen LogP contribution in [0.2, 0.25) is 0 Å². The van der Waals surface area contributed by atoms with Crippen molar-refractivity contribution in [3.63, 3.8) is 0 Å². The molecule has 30 heavy (non-hydrogen) atoms. The minimum atomic E-state index is -1.11. The highest BCUT2D eigenvalue weighted by molar-refractivity contribution is 5.97. The third kappa shape index (κ3) is 4.92. The van der Waals surface area contributed by atoms with E-state index in [1.165, 1.54) is 4.80 Å². The van der Waals surface area contributed by atoms with Gasteiger partial charge in [0.2, 0.25) is 0 Å². The molecule has 9 heteroatoms. The zero-order chi connectivity index (χ0) is 21.7. The third-order valence-electron chi connectivity index (χ3n) is 4.61. The number of carbonyl (C=O) groups is 1. The van der Waals surface area contributed by atoms with Crippen LogP contribution in [0, 0.1) is 6.92 Å². The van der Waals surface area contributed by atoms with Crippen LogP contribution >= 0.6 is 0 Å². The molecule has 0 saturated carbocycles. The summed E-state index contributed by atoms with van der Waals surface area (Å²) in [5.74, 6) is 0.746. The molecule has 3 rings (SSSR count). The zero-order valence-electron chi connectivity index (χ0n) is 17.7. The molecule has 9 nitrogen and oxygen atoms in total. The summed E-state index contributed by atoms with van der Waals surface area (Å²) in [6.45, 7) is 6.29. The van der Waals surface area contributed by atoms with Gasteiger partial charge in [-0.05, 0) is 32.9 Å². The number of para-hydroxylation sites is 1. The van der Waals surface area contributed by atoms with Crippen LogP contribution in [0.3, 0.4) is 0 Å². The van der Waals surface area contributed by atoms with Gasteiger partial charge in [-0.15, -0.1) is 0 Å². The Morgan fingerprint density at radius 3 is 2.57 bits per heavy atom. The van der Waals surface area contributed by atoms with Gasteiger partial charge in [-0.25, -0.2) is 4.98 Å². The van der Waals surface area contributed by atoms with Gasteiger partial charge in [-0.1, -0.05) is 12.1 Å². The number of hydrogen-bond acceptors (Lipinski definition) is 7. The number of benzene rings is 1. The Bertz CT molecular complexity index is 976. The van der Waals surface area contributed by atoms with Gasteiger partial charge in [-0.3, -0.25) is 4.79 Å². The maximum Gasteiger partial charge on any atom is 0.256 e. The summed E-state index contributed by atoms with van der Waals surface area (Å²) in [5.41, 5.74) is 0.621. The summed E-state index contributed by atoms with van der Waals surface area (Å²) in [7, 11) is 1.59. The van der Waals surface area contributed by atoms with Crippen molar-refractivity contribution in [1.29, 1.82) is 0 Å². The van der Waals surface area contributed by atoms with Gasteiger partial charge in [0.25, 0.3) is 5.91 Å². The molecule has 0 spiro atoms. The molecule has 0 fully saturated rings. The predicted molar refractivity (Wildman–Crippen MR) is 109 cm³/mol. The second-order valence-corrected chi connectivity index (χ2v) is 7.45. The van der Waals surface area contributed by atoms with Crippen LogP contribution in [0.4, 0.5) is 0 Å². The first-order valence-corrected chi connectivity index (χ1v) is 9.74. The Kier molecular flexibility index (Phi) is 6.63. The molecule has 2 aromatic heterocycles. The molecular weight excluding hydrogens is 386 g/mol. The normalized spacial score (nSPS) is 11.6. The quantitative estimate of drug-likeness (QED) is 0.573. The minimum Gasteiger partial charge on any atom is -0.442 e. The topological polar surface area (TPSA) is 107 Å². The van der Waals surface area contributed by atoms with Crippen molar-refractivity contribution in [2.45, 2.75) is 32.8 Å². The smallest absolute Gasteiger partial charge is 0.256 e. The van der Waals surface area contributed by atoms with E-state index < -0.39 is 5.60 Å². The Hall–Kier alpha value is -3.04. The van der Waals surface area contributed by atoms with Crippen molar-refractivity contribution in [3.8, 4) is 5.69 Å². The van der Waals surface area contributed by atoms with Gasteiger partial charge in [0, 0.05) is 26.6 Å². The van der Waals surface area contributed by atoms with Crippen LogP contribution in [0.5, 0.6) is 0 Å². The Labute approximate surface area is 175 Å². The molecule has 160 valence electrons. The summed E-state index contributed by atoms with van der Waals surface area (Å²) in [4.78, 5) is 20.8. The van der Waals surface area contributed by atoms with Crippen molar-refractivity contribution in [3.05, 3.63) is 59.6 Å². The number of hydrogen-bond donors (Lipinski definition) is 1. The maximum atomic E-state index is 13.3. The molecule has 0 aliphatic carbocycles. The first-order chi connectivity index (χ1) is 14.3. The number of amides is 1. The van der Waals surface area contributed by atoms with Crippen LogP contribution in [-0.4, -0.2) is 62.7 Å². The number of methoxy groups -OCH3 is 1. The largest absolute Gasteiger partial charge is 0.442 e. The van der Waals surface area contributed by atoms with Crippen LogP contribution in [0.15, 0.2) is 41.1 Å². The van der Waals surface area contributed by atoms with E-state index in [-0.39, 0.29) is 5.91 Å². The zero-order valence-corrected chi connectivity index (χ0v) is 17.7. The fourth-order valence-electron chi connectivity index (χ4n) is 3.21. The Morgan fingerprint density at radius 1 is 1.23 bits per heavy atom. The van der Waals surface area contributed by atoms with Crippen LogP contribution < -0.4 is 0 Å². The first-order valence-electron chi connectivity index (χ1n) is 9.74. The summed E-state index contributed by atoms with van der Waals surface area (Å²) in [6.07, 6.45) is 3.54. The Balaban J connectivity index is 1.81. The molecule has 0 aliphatic rings. The van der Waals surface area contributed by atoms with E-state index in [0.29, 0.717) is 54.7 Å². The van der Waals surface area contributed by atoms with E-state index >= 15 is 0 Å². The van der Waals surface area contributed by atoms with Gasteiger partial charge in [0.15, 0.2) is 11.7 Å². The van der Waals surface area contributed by atoms with Crippen LogP contribution in [0.1, 0.15) is 41.6 Å². The van der Waals surface area contributed by atoms with Crippen LogP contribution in [-0.2, 0) is 16.8 Å². The van der Waals surface area contributed by atoms with Gasteiger partial charge >= 0.3 is 0 Å². The van der Waals surface area contributed by atoms with Crippen molar-refractivity contribution in [2.75, 3.05) is 26.8 Å². The van der Waals surface area contributed by atoms with Crippen molar-refractivity contribution in [2.24, 2.45) is 0 Å². The number of aromatic nitrogens is 4. The molecule has 1 aromatic carbocycles. The van der Waals surface area contributed by atoms with E-state index in [2.05, 4.69) is 15.2 Å². The molecule has 0 aliphatic heterocycles. The number of oxazole rings is 1. The average molecular weight is 413 g/mol. The predicted octanol–water partition coefficient (Wildman–Crippen LogP) is 2.12. The second kappa shape index (κ2) is 9.19. The lowest BCUT2D eigenvalue weighted by atomic mass is 10.1. The monoisotopic (exact) mass is 413 g/mol. The lowest BCUT2D eigenvalue weighted by molar-refractivity contribution is 0.0514. The molecule has 1 amide bonds. The summed E-state index contributed by atoms with van der Waals surface area (Å²) >= 11 is 0. The lowest BCUT2D eigenvalue weighted by Crippen LogP contribution is -2.36. The van der Waals surface area contributed by atoms with E-state index in [0.717, 1.165) is 0 Å². The molecule has 0 atom stereocenters. The van der Waals surface area contributed by atoms with E-state index in [9.17, 15) is 9.90 Å². The molecule has 0 bridgehead atoms. The standard InChI is InChI=1S/C21H27N5O4/c1-15-19(21(2,3)28)30-18(24-15)9-12-25(13-14-29-4)20(27)16-7-5-6-8-17(16)26-22-10-11-23-26/h5-8,10-11,28H,9,12-14H2,1-4H3. The highest BCUT2D eigenvalue weighted by atomic mass is 16.5. The van der Waals surface area contributed by atoms with E-state index in [4.69, 9.17) is 9.15 Å². The van der Waals surface area contributed by atoms with E-state index in [1.807, 2.05) is 12.1 Å². The van der Waals surface area contributed by atoms with Crippen molar-refractivity contribution in [1.82, 2.24) is 24.9 Å². The average Bonchev–Trinajstić information content (AvgIpc) is 3.37. The number of ether oxygens (including phenoxy) is 1. The van der Waals surface area contributed by atoms with Crippen molar-refractivity contribution >= 4 is 5.91 Å². The van der Waals surface area contributed by atoms with E-state index in [1.54, 1.807) is 57.3 Å². The summed E-state index contributed by atoms with van der Waals surface area (Å²) in [5, 5.41) is 18.5. The van der Waals surface area contributed by atoms with Gasteiger partial charge in [0.05, 0.1) is 35.9 Å². The summed E-state index contributed by atoms with van der Waals surface area (Å²) in [6, 6.07) is 7.20. The van der Waals surface area contributed by atoms with Gasteiger partial charge in [0.1, 0.15) is 5.60 Å². The summed E-state index contributed by atoms with van der Waals surface area (Å²) < 4.78 is 10.9. The van der Waals surface area contributed by atoms with Gasteiger partial charge in [-0.2, -0.15) is 15.0 Å². The highest BCUT2D eigenvalue weighted by Gasteiger charge is 2.26. The number of rotatable bonds is 9. The number of nitrogens with zero attached hydrogens (tertiary/aromatic N) is 5. The number of carbonyl (C=O) groups excluding carboxylic acids is 1. The number of aliphatic hydroxyl groups is 1. The fraction of sp³-hybridized carbons (Fsp3) is 0.429. The molecule has 2 heterocycles. The highest BCUT2D eigenvalue weighted by Crippen LogP contribution is 2.24. The SMILES string of the molecule is COCCN(CCc1nc(C)c(C(C)(C)O)o1)C(=O)c1ccccc1-n1nccn1. The number of aryl methyl sites for hydroxylation is 1. The third-order valence-corrected chi connectivity index (χ3v) is 4.61. The molecule has 3 aromatic rings. The first kappa shape index (κ1) is 21.7. The van der Waals surface area contributed by atoms with Crippen molar-refractivity contribution < 1.29 is 19.1 Å². The molecule has 0 unspecified atom stereocenters. The Morgan fingerprint density at radius 2 is 1.93 bits per heavy atom.